The Morgan fingerprint density at radius 3 is 2.67 bits per heavy atom. The van der Waals surface area contributed by atoms with Crippen LogP contribution in [0.5, 0.6) is 0 Å². The minimum absolute atomic E-state index is 0.199. The molecule has 0 radical (unpaired) electrons. The number of amides is 1. The summed E-state index contributed by atoms with van der Waals surface area (Å²) in [5.74, 6) is 1.90. The van der Waals surface area contributed by atoms with E-state index in [9.17, 15) is 4.79 Å². The Morgan fingerprint density at radius 2 is 2.11 bits per heavy atom. The van der Waals surface area contributed by atoms with E-state index >= 15 is 0 Å². The van der Waals surface area contributed by atoms with E-state index in [1.807, 2.05) is 0 Å². The SMILES string of the molecule is CC(C)C[C@H](CN)CC(=O)NC1CCCC(C)C1. The summed E-state index contributed by atoms with van der Waals surface area (Å²) in [5.41, 5.74) is 5.74. The molecule has 0 aromatic rings. The van der Waals surface area contributed by atoms with Crippen LogP contribution in [0.15, 0.2) is 0 Å². The van der Waals surface area contributed by atoms with Crippen molar-refractivity contribution in [3.05, 3.63) is 0 Å². The number of hydrogen-bond acceptors (Lipinski definition) is 2. The zero-order valence-corrected chi connectivity index (χ0v) is 12.2. The highest BCUT2D eigenvalue weighted by Gasteiger charge is 2.21. The molecule has 0 aromatic carbocycles. The summed E-state index contributed by atoms with van der Waals surface area (Å²) in [6, 6.07) is 0.402. The lowest BCUT2D eigenvalue weighted by molar-refractivity contribution is -0.123. The van der Waals surface area contributed by atoms with Crippen LogP contribution in [0.3, 0.4) is 0 Å². The first-order valence-corrected chi connectivity index (χ1v) is 7.50. The van der Waals surface area contributed by atoms with Gasteiger partial charge >= 0.3 is 0 Å². The van der Waals surface area contributed by atoms with Gasteiger partial charge in [-0.25, -0.2) is 0 Å². The number of carbonyl (C=O) groups excluding carboxylic acids is 1. The topological polar surface area (TPSA) is 55.1 Å². The second-order valence-corrected chi connectivity index (χ2v) is 6.47. The van der Waals surface area contributed by atoms with E-state index in [0.717, 1.165) is 25.2 Å². The fourth-order valence-corrected chi connectivity index (χ4v) is 3.04. The summed E-state index contributed by atoms with van der Waals surface area (Å²) in [5, 5.41) is 3.19. The molecule has 1 saturated carbocycles. The van der Waals surface area contributed by atoms with Gasteiger partial charge in [-0.3, -0.25) is 4.79 Å². The first kappa shape index (κ1) is 15.5. The van der Waals surface area contributed by atoms with Crippen molar-refractivity contribution in [1.82, 2.24) is 5.32 Å². The Hall–Kier alpha value is -0.570. The monoisotopic (exact) mass is 254 g/mol. The van der Waals surface area contributed by atoms with Crippen LogP contribution in [-0.4, -0.2) is 18.5 Å². The third-order valence-corrected chi connectivity index (χ3v) is 3.91. The predicted molar refractivity (Wildman–Crippen MR) is 76.2 cm³/mol. The van der Waals surface area contributed by atoms with Gasteiger partial charge in [0, 0.05) is 12.5 Å². The van der Waals surface area contributed by atoms with E-state index in [0.29, 0.717) is 30.8 Å². The maximum atomic E-state index is 12.0. The number of carbonyl (C=O) groups is 1. The van der Waals surface area contributed by atoms with Crippen LogP contribution in [0.4, 0.5) is 0 Å². The molecule has 1 rings (SSSR count). The Bertz CT molecular complexity index is 245. The fourth-order valence-electron chi connectivity index (χ4n) is 3.04. The van der Waals surface area contributed by atoms with Crippen molar-refractivity contribution in [2.24, 2.45) is 23.5 Å². The molecule has 3 atom stereocenters. The van der Waals surface area contributed by atoms with Gasteiger partial charge in [-0.15, -0.1) is 0 Å². The molecule has 3 heteroatoms. The van der Waals surface area contributed by atoms with Crippen LogP contribution in [0.1, 0.15) is 59.3 Å². The summed E-state index contributed by atoms with van der Waals surface area (Å²) in [7, 11) is 0. The Balaban J connectivity index is 2.30. The molecule has 3 nitrogen and oxygen atoms in total. The molecule has 0 aromatic heterocycles. The van der Waals surface area contributed by atoms with Crippen molar-refractivity contribution < 1.29 is 4.79 Å². The van der Waals surface area contributed by atoms with Gasteiger partial charge in [0.2, 0.25) is 5.91 Å². The summed E-state index contributed by atoms with van der Waals surface area (Å²) < 4.78 is 0. The summed E-state index contributed by atoms with van der Waals surface area (Å²) >= 11 is 0. The van der Waals surface area contributed by atoms with Crippen LogP contribution in [0, 0.1) is 17.8 Å². The Kier molecular flexibility index (Phi) is 6.69. The number of nitrogens with two attached hydrogens (primary N) is 1. The van der Waals surface area contributed by atoms with Crippen LogP contribution in [0.25, 0.3) is 0 Å². The first-order valence-electron chi connectivity index (χ1n) is 7.50. The van der Waals surface area contributed by atoms with E-state index in [4.69, 9.17) is 5.73 Å². The van der Waals surface area contributed by atoms with Gasteiger partial charge in [0.15, 0.2) is 0 Å². The second-order valence-electron chi connectivity index (χ2n) is 6.47. The van der Waals surface area contributed by atoms with Crippen LogP contribution in [0.2, 0.25) is 0 Å². The molecule has 3 N–H and O–H groups in total. The van der Waals surface area contributed by atoms with E-state index in [2.05, 4.69) is 26.1 Å². The van der Waals surface area contributed by atoms with Crippen LogP contribution < -0.4 is 11.1 Å². The van der Waals surface area contributed by atoms with Gasteiger partial charge < -0.3 is 11.1 Å². The van der Waals surface area contributed by atoms with Crippen LogP contribution >= 0.6 is 0 Å². The summed E-state index contributed by atoms with van der Waals surface area (Å²) in [6.45, 7) is 7.26. The maximum Gasteiger partial charge on any atom is 0.220 e. The molecule has 106 valence electrons. The van der Waals surface area contributed by atoms with Gasteiger partial charge in [-0.2, -0.15) is 0 Å². The highest BCUT2D eigenvalue weighted by atomic mass is 16.1. The van der Waals surface area contributed by atoms with E-state index in [-0.39, 0.29) is 5.91 Å². The highest BCUT2D eigenvalue weighted by Crippen LogP contribution is 2.23. The van der Waals surface area contributed by atoms with E-state index < -0.39 is 0 Å². The third kappa shape index (κ3) is 5.85. The molecule has 1 fully saturated rings. The largest absolute Gasteiger partial charge is 0.353 e. The number of nitrogens with one attached hydrogen (secondary N) is 1. The maximum absolute atomic E-state index is 12.0. The number of rotatable bonds is 6. The zero-order chi connectivity index (χ0) is 13.5. The molecule has 0 aliphatic heterocycles. The molecule has 1 aliphatic rings. The van der Waals surface area contributed by atoms with Gasteiger partial charge in [0.05, 0.1) is 0 Å². The average Bonchev–Trinajstić information content (AvgIpc) is 2.27. The molecule has 0 saturated heterocycles. The lowest BCUT2D eigenvalue weighted by atomic mass is 9.86. The zero-order valence-electron chi connectivity index (χ0n) is 12.2. The summed E-state index contributed by atoms with van der Waals surface area (Å²) in [4.78, 5) is 12.0. The Labute approximate surface area is 112 Å². The average molecular weight is 254 g/mol. The highest BCUT2D eigenvalue weighted by molar-refractivity contribution is 5.76. The molecular formula is C15H30N2O. The van der Waals surface area contributed by atoms with Crippen molar-refractivity contribution in [3.8, 4) is 0 Å². The molecular weight excluding hydrogens is 224 g/mol. The first-order chi connectivity index (χ1) is 8.51. The molecule has 1 amide bonds. The van der Waals surface area contributed by atoms with Gasteiger partial charge in [-0.1, -0.05) is 33.6 Å². The molecule has 0 heterocycles. The van der Waals surface area contributed by atoms with Gasteiger partial charge in [0.1, 0.15) is 0 Å². The van der Waals surface area contributed by atoms with E-state index in [1.54, 1.807) is 0 Å². The molecule has 1 aliphatic carbocycles. The van der Waals surface area contributed by atoms with E-state index in [1.165, 1.54) is 12.8 Å². The minimum atomic E-state index is 0.199. The quantitative estimate of drug-likeness (QED) is 0.765. The fraction of sp³-hybridized carbons (Fsp3) is 0.933. The lowest BCUT2D eigenvalue weighted by Crippen LogP contribution is -2.39. The van der Waals surface area contributed by atoms with Gasteiger partial charge in [-0.05, 0) is 43.6 Å². The predicted octanol–water partition coefficient (Wildman–Crippen LogP) is 2.69. The number of hydrogen-bond donors (Lipinski definition) is 2. The van der Waals surface area contributed by atoms with Crippen molar-refractivity contribution in [2.45, 2.75) is 65.3 Å². The van der Waals surface area contributed by atoms with Crippen molar-refractivity contribution in [2.75, 3.05) is 6.54 Å². The minimum Gasteiger partial charge on any atom is -0.353 e. The molecule has 0 bridgehead atoms. The smallest absolute Gasteiger partial charge is 0.220 e. The molecule has 2 unspecified atom stereocenters. The van der Waals surface area contributed by atoms with Crippen molar-refractivity contribution >= 4 is 5.91 Å². The third-order valence-electron chi connectivity index (χ3n) is 3.91. The van der Waals surface area contributed by atoms with Crippen molar-refractivity contribution in [1.29, 1.82) is 0 Å². The summed E-state index contributed by atoms with van der Waals surface area (Å²) in [6.07, 6.45) is 6.49. The van der Waals surface area contributed by atoms with Gasteiger partial charge in [0.25, 0.3) is 0 Å². The van der Waals surface area contributed by atoms with Crippen molar-refractivity contribution in [3.63, 3.8) is 0 Å². The standard InChI is InChI=1S/C15H30N2O/c1-11(2)7-13(10-16)9-15(18)17-14-6-4-5-12(3)8-14/h11-14H,4-10,16H2,1-3H3,(H,17,18)/t12?,13-,14?/m0/s1. The Morgan fingerprint density at radius 1 is 1.39 bits per heavy atom. The van der Waals surface area contributed by atoms with Crippen LogP contribution in [-0.2, 0) is 4.79 Å². The normalized spacial score (nSPS) is 26.1. The molecule has 18 heavy (non-hydrogen) atoms. The lowest BCUT2D eigenvalue weighted by Gasteiger charge is -2.28. The second kappa shape index (κ2) is 7.78. The molecule has 0 spiro atoms.